The van der Waals surface area contributed by atoms with Gasteiger partial charge in [0.1, 0.15) is 18.1 Å². The lowest BCUT2D eigenvalue weighted by Crippen LogP contribution is -2.49. The molecule has 1 aromatic carbocycles. The topological polar surface area (TPSA) is 102 Å². The van der Waals surface area contributed by atoms with Crippen molar-refractivity contribution in [1.82, 2.24) is 10.1 Å². The van der Waals surface area contributed by atoms with Gasteiger partial charge in [-0.15, -0.1) is 0 Å². The Balaban J connectivity index is 1.54. The van der Waals surface area contributed by atoms with Crippen molar-refractivity contribution in [2.45, 2.75) is 33.0 Å². The molecule has 144 valence electrons. The number of hydrogen-bond donors (Lipinski definition) is 1. The van der Waals surface area contributed by atoms with E-state index in [2.05, 4.69) is 5.16 Å². The van der Waals surface area contributed by atoms with Crippen molar-refractivity contribution in [3.63, 3.8) is 0 Å². The van der Waals surface area contributed by atoms with E-state index in [0.717, 1.165) is 22.6 Å². The van der Waals surface area contributed by atoms with E-state index in [-0.39, 0.29) is 25.5 Å². The minimum absolute atomic E-state index is 0.0762. The van der Waals surface area contributed by atoms with Gasteiger partial charge in [0.25, 0.3) is 0 Å². The molecule has 0 bridgehead atoms. The van der Waals surface area contributed by atoms with Gasteiger partial charge >= 0.3 is 5.97 Å². The molecule has 0 spiro atoms. The monoisotopic (exact) mass is 374 g/mol. The third-order valence-electron chi connectivity index (χ3n) is 4.54. The molecule has 1 aromatic heterocycles. The van der Waals surface area contributed by atoms with Crippen LogP contribution >= 0.6 is 0 Å². The van der Waals surface area contributed by atoms with Crippen molar-refractivity contribution in [2.75, 3.05) is 19.7 Å². The highest BCUT2D eigenvalue weighted by Crippen LogP contribution is 2.18. The van der Waals surface area contributed by atoms with E-state index in [1.165, 1.54) is 4.90 Å². The number of benzene rings is 1. The fraction of sp³-hybridized carbons (Fsp3) is 0.421. The van der Waals surface area contributed by atoms with E-state index >= 15 is 0 Å². The number of nitrogens with zero attached hydrogens (tertiary/aromatic N) is 2. The van der Waals surface area contributed by atoms with Crippen LogP contribution in [0.1, 0.15) is 22.6 Å². The largest absolute Gasteiger partial charge is 0.489 e. The van der Waals surface area contributed by atoms with Crippen molar-refractivity contribution < 1.29 is 28.7 Å². The third-order valence-corrected chi connectivity index (χ3v) is 4.54. The van der Waals surface area contributed by atoms with Crippen LogP contribution in [-0.2, 0) is 27.4 Å². The van der Waals surface area contributed by atoms with Gasteiger partial charge in [0.15, 0.2) is 6.10 Å². The lowest BCUT2D eigenvalue weighted by atomic mass is 10.1. The summed E-state index contributed by atoms with van der Waals surface area (Å²) in [4.78, 5) is 25.0. The maximum absolute atomic E-state index is 12.4. The number of aryl methyl sites for hydroxylation is 2. The fourth-order valence-electron chi connectivity index (χ4n) is 2.88. The number of carbonyl (C=O) groups is 2. The van der Waals surface area contributed by atoms with Crippen LogP contribution in [0.15, 0.2) is 28.8 Å². The summed E-state index contributed by atoms with van der Waals surface area (Å²) in [6.07, 6.45) is -0.751. The second-order valence-electron chi connectivity index (χ2n) is 6.45. The van der Waals surface area contributed by atoms with Crippen LogP contribution in [0.3, 0.4) is 0 Å². The number of morpholine rings is 1. The van der Waals surface area contributed by atoms with Crippen LogP contribution in [-0.4, -0.2) is 52.8 Å². The van der Waals surface area contributed by atoms with Crippen LogP contribution in [0.5, 0.6) is 5.75 Å². The summed E-state index contributed by atoms with van der Waals surface area (Å²) >= 11 is 0. The van der Waals surface area contributed by atoms with Gasteiger partial charge in [0.05, 0.1) is 30.8 Å². The standard InChI is InChI=1S/C19H22N2O6/c1-12-16(13(2)27-20-12)11-26-15-5-3-14(4-6-15)9-18(22)21-7-8-25-17(10-21)19(23)24/h3-6,17H,7-11H2,1-2H3,(H,23,24)/t17-/m1/s1. The number of ether oxygens (including phenoxy) is 2. The minimum atomic E-state index is -1.05. The second-order valence-corrected chi connectivity index (χ2v) is 6.45. The van der Waals surface area contributed by atoms with E-state index < -0.39 is 12.1 Å². The van der Waals surface area contributed by atoms with Gasteiger partial charge < -0.3 is 24.0 Å². The number of amides is 1. The van der Waals surface area contributed by atoms with Gasteiger partial charge in [-0.05, 0) is 31.5 Å². The normalized spacial score (nSPS) is 17.0. The minimum Gasteiger partial charge on any atom is -0.489 e. The zero-order valence-electron chi connectivity index (χ0n) is 15.3. The Morgan fingerprint density at radius 2 is 2.04 bits per heavy atom. The Kier molecular flexibility index (Phi) is 5.75. The lowest BCUT2D eigenvalue weighted by Gasteiger charge is -2.31. The Morgan fingerprint density at radius 1 is 1.30 bits per heavy atom. The number of carboxylic acids is 1. The van der Waals surface area contributed by atoms with Gasteiger partial charge in [-0.1, -0.05) is 17.3 Å². The Bertz CT molecular complexity index is 795. The Hall–Kier alpha value is -2.87. The zero-order chi connectivity index (χ0) is 19.4. The molecule has 1 amide bonds. The first-order valence-corrected chi connectivity index (χ1v) is 8.69. The SMILES string of the molecule is Cc1noc(C)c1COc1ccc(CC(=O)N2CCO[C@@H](C(=O)O)C2)cc1. The highest BCUT2D eigenvalue weighted by molar-refractivity contribution is 5.80. The van der Waals surface area contributed by atoms with Gasteiger partial charge in [0.2, 0.25) is 5.91 Å². The molecule has 0 aliphatic carbocycles. The van der Waals surface area contributed by atoms with Gasteiger partial charge in [-0.2, -0.15) is 0 Å². The van der Waals surface area contributed by atoms with Crippen molar-refractivity contribution in [3.05, 3.63) is 46.8 Å². The maximum Gasteiger partial charge on any atom is 0.334 e. The summed E-state index contributed by atoms with van der Waals surface area (Å²) < 4.78 is 16.0. The molecule has 0 unspecified atom stereocenters. The first-order chi connectivity index (χ1) is 12.9. The number of carboxylic acid groups (broad SMARTS) is 1. The van der Waals surface area contributed by atoms with Gasteiger partial charge in [0, 0.05) is 6.54 Å². The van der Waals surface area contributed by atoms with Crippen LogP contribution in [0.25, 0.3) is 0 Å². The molecule has 2 heterocycles. The number of rotatable bonds is 6. The molecular formula is C19H22N2O6. The molecule has 1 atom stereocenters. The first-order valence-electron chi connectivity index (χ1n) is 8.69. The third kappa shape index (κ3) is 4.65. The van der Waals surface area contributed by atoms with Crippen LogP contribution in [0, 0.1) is 13.8 Å². The molecule has 1 fully saturated rings. The molecule has 27 heavy (non-hydrogen) atoms. The molecule has 1 saturated heterocycles. The molecule has 1 aliphatic heterocycles. The average Bonchev–Trinajstić information content (AvgIpc) is 2.99. The molecule has 1 N–H and O–H groups in total. The van der Waals surface area contributed by atoms with Crippen molar-refractivity contribution in [3.8, 4) is 5.75 Å². The fourth-order valence-corrected chi connectivity index (χ4v) is 2.88. The van der Waals surface area contributed by atoms with Crippen molar-refractivity contribution in [2.24, 2.45) is 0 Å². The van der Waals surface area contributed by atoms with Crippen LogP contribution in [0.4, 0.5) is 0 Å². The van der Waals surface area contributed by atoms with Gasteiger partial charge in [-0.3, -0.25) is 4.79 Å². The van der Waals surface area contributed by atoms with E-state index in [1.807, 2.05) is 26.0 Å². The van der Waals surface area contributed by atoms with E-state index in [0.29, 0.717) is 18.9 Å². The van der Waals surface area contributed by atoms with Crippen molar-refractivity contribution >= 4 is 11.9 Å². The number of carbonyl (C=O) groups excluding carboxylic acids is 1. The molecule has 8 heteroatoms. The summed E-state index contributed by atoms with van der Waals surface area (Å²) in [7, 11) is 0. The smallest absolute Gasteiger partial charge is 0.334 e. The summed E-state index contributed by atoms with van der Waals surface area (Å²) in [5.41, 5.74) is 2.57. The van der Waals surface area contributed by atoms with Crippen molar-refractivity contribution in [1.29, 1.82) is 0 Å². The molecule has 1 aliphatic rings. The van der Waals surface area contributed by atoms with Gasteiger partial charge in [-0.25, -0.2) is 4.79 Å². The van der Waals surface area contributed by atoms with E-state index in [4.69, 9.17) is 19.1 Å². The Labute approximate surface area is 156 Å². The molecule has 8 nitrogen and oxygen atoms in total. The Morgan fingerprint density at radius 3 is 2.67 bits per heavy atom. The highest BCUT2D eigenvalue weighted by atomic mass is 16.5. The molecule has 2 aromatic rings. The van der Waals surface area contributed by atoms with E-state index in [9.17, 15) is 9.59 Å². The number of hydrogen-bond acceptors (Lipinski definition) is 6. The quantitative estimate of drug-likeness (QED) is 0.821. The lowest BCUT2D eigenvalue weighted by molar-refractivity contribution is -0.159. The predicted molar refractivity (Wildman–Crippen MR) is 94.4 cm³/mol. The average molecular weight is 374 g/mol. The van der Waals surface area contributed by atoms with Crippen LogP contribution < -0.4 is 4.74 Å². The molecule has 3 rings (SSSR count). The zero-order valence-corrected chi connectivity index (χ0v) is 15.3. The van der Waals surface area contributed by atoms with Crippen LogP contribution in [0.2, 0.25) is 0 Å². The number of aromatic nitrogens is 1. The maximum atomic E-state index is 12.4. The number of aliphatic carboxylic acids is 1. The summed E-state index contributed by atoms with van der Waals surface area (Å²) in [5.74, 6) is 0.254. The first kappa shape index (κ1) is 18.9. The molecule has 0 saturated carbocycles. The molecule has 0 radical (unpaired) electrons. The highest BCUT2D eigenvalue weighted by Gasteiger charge is 2.28. The summed E-state index contributed by atoms with van der Waals surface area (Å²) in [6.45, 7) is 4.79. The molecular weight excluding hydrogens is 352 g/mol. The predicted octanol–water partition coefficient (Wildman–Crippen LogP) is 1.72. The summed E-state index contributed by atoms with van der Waals surface area (Å²) in [5, 5.41) is 12.9. The second kappa shape index (κ2) is 8.22. The van der Waals surface area contributed by atoms with E-state index in [1.54, 1.807) is 12.1 Å². The summed E-state index contributed by atoms with van der Waals surface area (Å²) in [6, 6.07) is 7.27.